The van der Waals surface area contributed by atoms with Crippen molar-refractivity contribution < 1.29 is 13.5 Å². The van der Waals surface area contributed by atoms with Crippen LogP contribution in [0.2, 0.25) is 5.02 Å². The molecule has 6 heteroatoms. The Morgan fingerprint density at radius 2 is 2.06 bits per heavy atom. The average Bonchev–Trinajstić information content (AvgIpc) is 2.31. The molecule has 0 aliphatic rings. The van der Waals surface area contributed by atoms with Crippen LogP contribution in [0.1, 0.15) is 25.3 Å². The van der Waals surface area contributed by atoms with E-state index in [-0.39, 0.29) is 12.3 Å². The summed E-state index contributed by atoms with van der Waals surface area (Å²) in [5.74, 6) is -0.144. The van der Waals surface area contributed by atoms with Crippen molar-refractivity contribution in [1.29, 1.82) is 0 Å². The molecule has 102 valence electrons. The van der Waals surface area contributed by atoms with Gasteiger partial charge >= 0.3 is 0 Å². The fourth-order valence-corrected chi connectivity index (χ4v) is 2.93. The lowest BCUT2D eigenvalue weighted by molar-refractivity contribution is 0.162. The number of aliphatic hydroxyl groups excluding tert-OH is 1. The summed E-state index contributed by atoms with van der Waals surface area (Å²) in [5.41, 5.74) is 0.572. The fourth-order valence-electron chi connectivity index (χ4n) is 1.46. The van der Waals surface area contributed by atoms with Crippen LogP contribution in [0, 0.1) is 0 Å². The minimum atomic E-state index is -3.41. The van der Waals surface area contributed by atoms with Crippen molar-refractivity contribution in [2.45, 2.75) is 31.6 Å². The third kappa shape index (κ3) is 5.35. The van der Waals surface area contributed by atoms with E-state index in [2.05, 4.69) is 4.72 Å². The van der Waals surface area contributed by atoms with Gasteiger partial charge in [0.1, 0.15) is 0 Å². The lowest BCUT2D eigenvalue weighted by Crippen LogP contribution is -2.28. The summed E-state index contributed by atoms with van der Waals surface area (Å²) in [7, 11) is -3.41. The number of benzene rings is 1. The predicted octanol–water partition coefficient (Wildman–Crippen LogP) is 1.92. The van der Waals surface area contributed by atoms with Crippen molar-refractivity contribution in [2.24, 2.45) is 0 Å². The smallest absolute Gasteiger partial charge is 0.215 e. The Kier molecular flexibility index (Phi) is 6.08. The molecule has 0 saturated carbocycles. The van der Waals surface area contributed by atoms with E-state index in [0.29, 0.717) is 23.4 Å². The molecular formula is C12H18ClNO3S. The lowest BCUT2D eigenvalue weighted by Gasteiger charge is -2.10. The van der Waals surface area contributed by atoms with Gasteiger partial charge in [-0.1, -0.05) is 36.7 Å². The molecule has 1 aromatic carbocycles. The average molecular weight is 292 g/mol. The van der Waals surface area contributed by atoms with Gasteiger partial charge in [-0.15, -0.1) is 0 Å². The highest BCUT2D eigenvalue weighted by molar-refractivity contribution is 7.88. The molecule has 2 N–H and O–H groups in total. The molecule has 0 amide bonds. The van der Waals surface area contributed by atoms with E-state index in [1.807, 2.05) is 6.92 Å². The van der Waals surface area contributed by atoms with Gasteiger partial charge in [0.2, 0.25) is 10.0 Å². The van der Waals surface area contributed by atoms with Crippen LogP contribution in [0.25, 0.3) is 0 Å². The Labute approximate surface area is 113 Å². The van der Waals surface area contributed by atoms with Gasteiger partial charge in [0.25, 0.3) is 0 Å². The van der Waals surface area contributed by atoms with E-state index in [4.69, 9.17) is 11.6 Å². The van der Waals surface area contributed by atoms with Gasteiger partial charge in [-0.05, 0) is 24.5 Å². The van der Waals surface area contributed by atoms with Crippen molar-refractivity contribution in [3.8, 4) is 0 Å². The van der Waals surface area contributed by atoms with Crippen LogP contribution in [0.15, 0.2) is 24.3 Å². The van der Waals surface area contributed by atoms with Crippen LogP contribution < -0.4 is 4.72 Å². The predicted molar refractivity (Wildman–Crippen MR) is 73.0 cm³/mol. The minimum absolute atomic E-state index is 0.144. The quantitative estimate of drug-likeness (QED) is 0.806. The highest BCUT2D eigenvalue weighted by Crippen LogP contribution is 2.17. The molecule has 0 aliphatic carbocycles. The molecule has 4 nitrogen and oxygen atoms in total. The maximum atomic E-state index is 11.8. The molecule has 1 unspecified atom stereocenters. The first-order valence-electron chi connectivity index (χ1n) is 5.83. The topological polar surface area (TPSA) is 66.4 Å². The normalized spacial score (nSPS) is 13.5. The van der Waals surface area contributed by atoms with Crippen molar-refractivity contribution in [3.63, 3.8) is 0 Å². The molecule has 1 rings (SSSR count). The highest BCUT2D eigenvalue weighted by Gasteiger charge is 2.13. The summed E-state index contributed by atoms with van der Waals surface area (Å²) < 4.78 is 26.0. The molecular weight excluding hydrogens is 274 g/mol. The Bertz CT molecular complexity index is 476. The molecule has 0 aliphatic heterocycles. The van der Waals surface area contributed by atoms with Crippen LogP contribution >= 0.6 is 11.6 Å². The van der Waals surface area contributed by atoms with E-state index in [9.17, 15) is 13.5 Å². The second-order valence-corrected chi connectivity index (χ2v) is 6.31. The lowest BCUT2D eigenvalue weighted by atomic mass is 10.2. The standard InChI is InChI=1S/C12H18ClNO3S/c1-2-11(15)7-8-14-18(16,17)9-10-5-3-4-6-12(10)13/h3-6,11,14-15H,2,7-9H2,1H3. The Hall–Kier alpha value is -0.620. The molecule has 1 aromatic rings. The third-order valence-electron chi connectivity index (χ3n) is 2.57. The number of hydrogen-bond acceptors (Lipinski definition) is 3. The summed E-state index contributed by atoms with van der Waals surface area (Å²) in [6, 6.07) is 6.84. The van der Waals surface area contributed by atoms with E-state index < -0.39 is 16.1 Å². The monoisotopic (exact) mass is 291 g/mol. The first-order chi connectivity index (χ1) is 8.44. The first kappa shape index (κ1) is 15.4. The first-order valence-corrected chi connectivity index (χ1v) is 7.86. The molecule has 0 saturated heterocycles. The molecule has 1 atom stereocenters. The second-order valence-electron chi connectivity index (χ2n) is 4.10. The molecule has 0 spiro atoms. The van der Waals surface area contributed by atoms with Crippen LogP contribution in [0.3, 0.4) is 0 Å². The Balaban J connectivity index is 2.53. The zero-order chi connectivity index (χ0) is 13.6. The minimum Gasteiger partial charge on any atom is -0.393 e. The van der Waals surface area contributed by atoms with Gasteiger partial charge in [0.15, 0.2) is 0 Å². The third-order valence-corrected chi connectivity index (χ3v) is 4.28. The van der Waals surface area contributed by atoms with Crippen LogP contribution in [0.4, 0.5) is 0 Å². The van der Waals surface area contributed by atoms with Crippen LogP contribution in [-0.2, 0) is 15.8 Å². The van der Waals surface area contributed by atoms with Crippen molar-refractivity contribution in [2.75, 3.05) is 6.54 Å². The van der Waals surface area contributed by atoms with Gasteiger partial charge in [-0.25, -0.2) is 13.1 Å². The van der Waals surface area contributed by atoms with Gasteiger partial charge in [-0.3, -0.25) is 0 Å². The van der Waals surface area contributed by atoms with Gasteiger partial charge in [0.05, 0.1) is 11.9 Å². The fraction of sp³-hybridized carbons (Fsp3) is 0.500. The molecule has 0 fully saturated rings. The van der Waals surface area contributed by atoms with Crippen LogP contribution in [0.5, 0.6) is 0 Å². The Morgan fingerprint density at radius 3 is 2.67 bits per heavy atom. The number of sulfonamides is 1. The van der Waals surface area contributed by atoms with E-state index >= 15 is 0 Å². The number of halogens is 1. The number of rotatable bonds is 7. The summed E-state index contributed by atoms with van der Waals surface area (Å²) >= 11 is 5.91. The Morgan fingerprint density at radius 1 is 1.39 bits per heavy atom. The van der Waals surface area contributed by atoms with Crippen LogP contribution in [-0.4, -0.2) is 26.2 Å². The molecule has 0 radical (unpaired) electrons. The second kappa shape index (κ2) is 7.09. The zero-order valence-electron chi connectivity index (χ0n) is 10.3. The summed E-state index contributed by atoms with van der Waals surface area (Å²) in [5, 5.41) is 9.77. The summed E-state index contributed by atoms with van der Waals surface area (Å²) in [6.07, 6.45) is 0.567. The van der Waals surface area contributed by atoms with E-state index in [1.54, 1.807) is 24.3 Å². The molecule has 18 heavy (non-hydrogen) atoms. The number of hydrogen-bond donors (Lipinski definition) is 2. The zero-order valence-corrected chi connectivity index (χ0v) is 11.8. The van der Waals surface area contributed by atoms with Crippen molar-refractivity contribution in [1.82, 2.24) is 4.72 Å². The van der Waals surface area contributed by atoms with Crippen molar-refractivity contribution in [3.05, 3.63) is 34.9 Å². The largest absolute Gasteiger partial charge is 0.393 e. The highest BCUT2D eigenvalue weighted by atomic mass is 35.5. The maximum Gasteiger partial charge on any atom is 0.215 e. The summed E-state index contributed by atoms with van der Waals surface area (Å²) in [4.78, 5) is 0. The SMILES string of the molecule is CCC(O)CCNS(=O)(=O)Cc1ccccc1Cl. The number of nitrogens with one attached hydrogen (secondary N) is 1. The van der Waals surface area contributed by atoms with E-state index in [0.717, 1.165) is 0 Å². The van der Waals surface area contributed by atoms with Gasteiger partial charge < -0.3 is 5.11 Å². The maximum absolute atomic E-state index is 11.8. The molecule has 0 heterocycles. The number of aliphatic hydroxyl groups is 1. The van der Waals surface area contributed by atoms with Gasteiger partial charge in [-0.2, -0.15) is 0 Å². The van der Waals surface area contributed by atoms with Crippen molar-refractivity contribution >= 4 is 21.6 Å². The summed E-state index contributed by atoms with van der Waals surface area (Å²) in [6.45, 7) is 2.09. The molecule has 0 bridgehead atoms. The molecule has 0 aromatic heterocycles. The van der Waals surface area contributed by atoms with Gasteiger partial charge in [0, 0.05) is 11.6 Å². The van der Waals surface area contributed by atoms with E-state index in [1.165, 1.54) is 0 Å².